The maximum Gasteiger partial charge on any atom is 0.0702 e. The van der Waals surface area contributed by atoms with Gasteiger partial charge in [-0.25, -0.2) is 0 Å². The second kappa shape index (κ2) is 2.69. The predicted molar refractivity (Wildman–Crippen MR) is 61.7 cm³/mol. The van der Waals surface area contributed by atoms with Gasteiger partial charge in [-0.05, 0) is 37.5 Å². The Bertz CT molecular complexity index is 425. The van der Waals surface area contributed by atoms with Crippen molar-refractivity contribution in [3.05, 3.63) is 28.8 Å². The Labute approximate surface area is 85.9 Å². The first-order valence-electron chi connectivity index (χ1n) is 5.11. The van der Waals surface area contributed by atoms with Crippen molar-refractivity contribution in [1.29, 1.82) is 0 Å². The van der Waals surface area contributed by atoms with E-state index in [0.29, 0.717) is 0 Å². The smallest absolute Gasteiger partial charge is 0.0702 e. The van der Waals surface area contributed by atoms with Crippen LogP contribution in [0.4, 0.5) is 5.69 Å². The van der Waals surface area contributed by atoms with Crippen LogP contribution in [0, 0.1) is 13.8 Å². The number of fused-ring (bicyclic) bond motifs is 1. The molecule has 1 aliphatic rings. The predicted octanol–water partition coefficient (Wildman–Crippen LogP) is 3.69. The van der Waals surface area contributed by atoms with E-state index >= 15 is 0 Å². The van der Waals surface area contributed by atoms with Gasteiger partial charge in [-0.2, -0.15) is 0 Å². The van der Waals surface area contributed by atoms with Crippen LogP contribution in [0.25, 0.3) is 0 Å². The van der Waals surface area contributed by atoms with Gasteiger partial charge in [-0.1, -0.05) is 26.0 Å². The summed E-state index contributed by atoms with van der Waals surface area (Å²) in [6.07, 6.45) is 0. The van der Waals surface area contributed by atoms with Gasteiger partial charge in [0.25, 0.3) is 0 Å². The molecule has 0 radical (unpaired) electrons. The number of hydrogen-bond acceptors (Lipinski definition) is 1. The van der Waals surface area contributed by atoms with Gasteiger partial charge in [0.2, 0.25) is 0 Å². The molecular weight excluding hydrogens is 170 g/mol. The van der Waals surface area contributed by atoms with Crippen molar-refractivity contribution in [3.63, 3.8) is 0 Å². The summed E-state index contributed by atoms with van der Waals surface area (Å²) in [5, 5.41) is 0. The standard InChI is InChI=1S/C13H17N/c1-8-6-7-11-12(9(8)2)14-10(3)13(11,4)5/h6-7H,1-5H3. The highest BCUT2D eigenvalue weighted by atomic mass is 14.8. The number of benzene rings is 1. The molecule has 1 heteroatoms. The molecule has 0 spiro atoms. The lowest BCUT2D eigenvalue weighted by atomic mass is 9.81. The molecule has 0 N–H and O–H groups in total. The van der Waals surface area contributed by atoms with E-state index in [0.717, 1.165) is 0 Å². The molecule has 1 aromatic rings. The minimum Gasteiger partial charge on any atom is -0.257 e. The van der Waals surface area contributed by atoms with Crippen LogP contribution in [-0.4, -0.2) is 5.71 Å². The lowest BCUT2D eigenvalue weighted by molar-refractivity contribution is 0.732. The molecule has 1 aliphatic heterocycles. The Morgan fingerprint density at radius 2 is 1.71 bits per heavy atom. The number of nitrogens with zero attached hydrogens (tertiary/aromatic N) is 1. The molecule has 0 fully saturated rings. The molecule has 0 aliphatic carbocycles. The summed E-state index contributed by atoms with van der Waals surface area (Å²) in [7, 11) is 0. The summed E-state index contributed by atoms with van der Waals surface area (Å²) in [6, 6.07) is 4.42. The minimum atomic E-state index is 0.119. The summed E-state index contributed by atoms with van der Waals surface area (Å²) >= 11 is 0. The number of hydrogen-bond donors (Lipinski definition) is 0. The largest absolute Gasteiger partial charge is 0.257 e. The second-order valence-electron chi connectivity index (χ2n) is 4.73. The molecule has 1 aromatic carbocycles. The Hall–Kier alpha value is -1.11. The van der Waals surface area contributed by atoms with Gasteiger partial charge < -0.3 is 0 Å². The number of aryl methyl sites for hydroxylation is 1. The van der Waals surface area contributed by atoms with E-state index in [1.54, 1.807) is 0 Å². The summed E-state index contributed by atoms with van der Waals surface area (Å²) in [5.74, 6) is 0. The highest BCUT2D eigenvalue weighted by molar-refractivity contribution is 6.00. The lowest BCUT2D eigenvalue weighted by Gasteiger charge is -2.20. The van der Waals surface area contributed by atoms with E-state index in [1.165, 1.54) is 28.1 Å². The first-order chi connectivity index (χ1) is 6.44. The highest BCUT2D eigenvalue weighted by Gasteiger charge is 2.32. The van der Waals surface area contributed by atoms with E-state index in [4.69, 9.17) is 0 Å². The van der Waals surface area contributed by atoms with Crippen LogP contribution in [0.2, 0.25) is 0 Å². The molecule has 74 valence electrons. The van der Waals surface area contributed by atoms with E-state index < -0.39 is 0 Å². The van der Waals surface area contributed by atoms with Crippen molar-refractivity contribution in [2.24, 2.45) is 4.99 Å². The highest BCUT2D eigenvalue weighted by Crippen LogP contribution is 2.42. The molecule has 0 amide bonds. The molecule has 0 aromatic heterocycles. The van der Waals surface area contributed by atoms with Gasteiger partial charge in [0.1, 0.15) is 0 Å². The Morgan fingerprint density at radius 3 is 2.36 bits per heavy atom. The molecule has 0 unspecified atom stereocenters. The van der Waals surface area contributed by atoms with Crippen LogP contribution < -0.4 is 0 Å². The van der Waals surface area contributed by atoms with Crippen LogP contribution in [0.3, 0.4) is 0 Å². The van der Waals surface area contributed by atoms with Gasteiger partial charge in [0, 0.05) is 11.1 Å². The number of aliphatic imine (C=N–C) groups is 1. The van der Waals surface area contributed by atoms with Crippen molar-refractivity contribution >= 4 is 11.4 Å². The fourth-order valence-electron chi connectivity index (χ4n) is 1.95. The van der Waals surface area contributed by atoms with Crippen molar-refractivity contribution in [2.45, 2.75) is 40.0 Å². The van der Waals surface area contributed by atoms with E-state index in [2.05, 4.69) is 51.7 Å². The van der Waals surface area contributed by atoms with Gasteiger partial charge in [0.05, 0.1) is 5.69 Å². The normalized spacial score (nSPS) is 17.9. The first kappa shape index (κ1) is 9.45. The van der Waals surface area contributed by atoms with Gasteiger partial charge >= 0.3 is 0 Å². The molecule has 2 rings (SSSR count). The molecule has 0 saturated heterocycles. The SMILES string of the molecule is CC1=Nc2c(ccc(C)c2C)C1(C)C. The Kier molecular flexibility index (Phi) is 1.82. The molecule has 0 bridgehead atoms. The van der Waals surface area contributed by atoms with Crippen LogP contribution >= 0.6 is 0 Å². The number of rotatable bonds is 0. The van der Waals surface area contributed by atoms with E-state index in [9.17, 15) is 0 Å². The van der Waals surface area contributed by atoms with Crippen LogP contribution in [-0.2, 0) is 5.41 Å². The summed E-state index contributed by atoms with van der Waals surface area (Å²) in [5.41, 5.74) is 6.57. The van der Waals surface area contributed by atoms with Gasteiger partial charge in [-0.3, -0.25) is 4.99 Å². The van der Waals surface area contributed by atoms with Crippen molar-refractivity contribution in [2.75, 3.05) is 0 Å². The average molecular weight is 187 g/mol. The minimum absolute atomic E-state index is 0.119. The molecule has 1 heterocycles. The third kappa shape index (κ3) is 1.05. The van der Waals surface area contributed by atoms with E-state index in [-0.39, 0.29) is 5.41 Å². The average Bonchev–Trinajstić information content (AvgIpc) is 2.33. The molecule has 0 atom stereocenters. The van der Waals surface area contributed by atoms with Crippen molar-refractivity contribution < 1.29 is 0 Å². The summed E-state index contributed by atoms with van der Waals surface area (Å²) in [6.45, 7) is 10.9. The van der Waals surface area contributed by atoms with Crippen LogP contribution in [0.5, 0.6) is 0 Å². The van der Waals surface area contributed by atoms with Gasteiger partial charge in [0.15, 0.2) is 0 Å². The van der Waals surface area contributed by atoms with Crippen LogP contribution in [0.15, 0.2) is 17.1 Å². The topological polar surface area (TPSA) is 12.4 Å². The Morgan fingerprint density at radius 1 is 1.07 bits per heavy atom. The zero-order chi connectivity index (χ0) is 10.5. The van der Waals surface area contributed by atoms with Crippen LogP contribution in [0.1, 0.15) is 37.5 Å². The molecule has 0 saturated carbocycles. The molecule has 14 heavy (non-hydrogen) atoms. The molecular formula is C13H17N. The fourth-order valence-corrected chi connectivity index (χ4v) is 1.95. The van der Waals surface area contributed by atoms with Gasteiger partial charge in [-0.15, -0.1) is 0 Å². The summed E-state index contributed by atoms with van der Waals surface area (Å²) in [4.78, 5) is 4.68. The first-order valence-corrected chi connectivity index (χ1v) is 5.11. The maximum absolute atomic E-state index is 4.68. The third-order valence-electron chi connectivity index (χ3n) is 3.56. The zero-order valence-electron chi connectivity index (χ0n) is 9.60. The third-order valence-corrected chi connectivity index (χ3v) is 3.56. The van der Waals surface area contributed by atoms with E-state index in [1.807, 2.05) is 0 Å². The summed E-state index contributed by atoms with van der Waals surface area (Å²) < 4.78 is 0. The van der Waals surface area contributed by atoms with Crippen molar-refractivity contribution in [3.8, 4) is 0 Å². The van der Waals surface area contributed by atoms with Crippen molar-refractivity contribution in [1.82, 2.24) is 0 Å². The fraction of sp³-hybridized carbons (Fsp3) is 0.462. The maximum atomic E-state index is 4.68. The Balaban J connectivity index is 2.74. The lowest BCUT2D eigenvalue weighted by Crippen LogP contribution is -2.22. The zero-order valence-corrected chi connectivity index (χ0v) is 9.60. The quantitative estimate of drug-likeness (QED) is 0.587. The second-order valence-corrected chi connectivity index (χ2v) is 4.73. The monoisotopic (exact) mass is 187 g/mol. The molecule has 1 nitrogen and oxygen atoms in total.